The highest BCUT2D eigenvalue weighted by atomic mass is 28.4. The third-order valence-corrected chi connectivity index (χ3v) is 21.7. The molecule has 1 fully saturated rings. The highest BCUT2D eigenvalue weighted by Gasteiger charge is 2.56. The van der Waals surface area contributed by atoms with Crippen LogP contribution >= 0.6 is 0 Å². The number of carbonyl (C=O) groups excluding carboxylic acids is 7. The average molecular weight is 1410 g/mol. The van der Waals surface area contributed by atoms with Crippen LogP contribution in [0.5, 0.6) is 0 Å². The van der Waals surface area contributed by atoms with Gasteiger partial charge in [0, 0.05) is 109 Å². The lowest BCUT2D eigenvalue weighted by molar-refractivity contribution is -0.142. The maximum Gasteiger partial charge on any atom is 0.326 e. The Morgan fingerprint density at radius 2 is 0.878 bits per heavy atom. The van der Waals surface area contributed by atoms with Gasteiger partial charge in [-0.2, -0.15) is 0 Å². The van der Waals surface area contributed by atoms with Crippen molar-refractivity contribution in [3.8, 4) is 0 Å². The molecule has 554 valence electrons. The topological polar surface area (TPSA) is 493 Å². The monoisotopic (exact) mass is 1410 g/mol. The van der Waals surface area contributed by atoms with Gasteiger partial charge in [0.05, 0.1) is 26.2 Å². The minimum absolute atomic E-state index is 0.0433. The van der Waals surface area contributed by atoms with Crippen molar-refractivity contribution in [2.45, 2.75) is 185 Å². The van der Waals surface area contributed by atoms with Gasteiger partial charge < -0.3 is 87.5 Å². The number of hydrogen-bond donors (Lipinski definition) is 16. The van der Waals surface area contributed by atoms with Crippen molar-refractivity contribution < 1.29 is 107 Å². The fourth-order valence-corrected chi connectivity index (χ4v) is 15.9. The highest BCUT2D eigenvalue weighted by molar-refractivity contribution is 6.90. The zero-order valence-corrected chi connectivity index (χ0v) is 58.3. The molecule has 1 aromatic carbocycles. The predicted molar refractivity (Wildman–Crippen MR) is 356 cm³/mol. The van der Waals surface area contributed by atoms with E-state index in [1.165, 1.54) is 12.1 Å². The maximum absolute atomic E-state index is 17.2. The first-order chi connectivity index (χ1) is 45.8. The van der Waals surface area contributed by atoms with Crippen molar-refractivity contribution in [3.63, 3.8) is 0 Å². The molecule has 0 spiro atoms. The normalized spacial score (nSPS) is 15.7. The molecule has 1 aromatic rings. The van der Waals surface area contributed by atoms with Crippen molar-refractivity contribution in [3.05, 3.63) is 29.8 Å². The van der Waals surface area contributed by atoms with Crippen molar-refractivity contribution in [2.75, 3.05) is 98.2 Å². The molecule has 8 amide bonds. The standard InChI is InChI=1S/C63H105FN12O21Si/c1-8-9-10-15-45(59(93)94)71-61(97)72-46(60(95)96)21-22-50(79)69-44(58(91)92)16-13-26-66-49(78)24-23-48(77)65-25-12-11-14-42(35-52(81)82)68-57(90)47(36-67-56(89)41-17-19-43(20-18-41)98(64,62(2,3)4)63(5,6)7)70-51(80)37-73-27-29-74(38-53(83)84)31-33-76(40-55(87)88)34-32-75(30-28-73)39-54(85)86/h17-20,42,44-47,52,81-82H,8-16,21-40H2,1-7H3,(H,65,77)(H,66,78)(H,67,89)(H,68,90)(H,69,79)(H,70,80)(H,83,84)(H,85,86)(H,87,88)(H,91,92)(H,93,94)(H,95,96)(H2,71,72,97)/t42-,44-,45+,46+,47-/m1/s1. The van der Waals surface area contributed by atoms with Gasteiger partial charge in [0.25, 0.3) is 14.3 Å². The third-order valence-electron chi connectivity index (χ3n) is 16.4. The molecule has 0 aromatic heterocycles. The van der Waals surface area contributed by atoms with E-state index in [1.54, 1.807) is 31.7 Å². The Hall–Kier alpha value is -7.96. The lowest BCUT2D eigenvalue weighted by Gasteiger charge is -2.44. The van der Waals surface area contributed by atoms with Crippen molar-refractivity contribution >= 4 is 90.9 Å². The highest BCUT2D eigenvalue weighted by Crippen LogP contribution is 2.51. The zero-order chi connectivity index (χ0) is 73.9. The number of nitrogens with one attached hydrogen (secondary N) is 8. The number of carbonyl (C=O) groups is 13. The van der Waals surface area contributed by atoms with Crippen LogP contribution in [-0.2, 0) is 52.7 Å². The van der Waals surface area contributed by atoms with Crippen LogP contribution in [0.1, 0.15) is 149 Å². The molecule has 0 unspecified atom stereocenters. The third kappa shape index (κ3) is 33.5. The van der Waals surface area contributed by atoms with Crippen LogP contribution in [0, 0.1) is 0 Å². The van der Waals surface area contributed by atoms with Gasteiger partial charge in [-0.3, -0.25) is 62.8 Å². The van der Waals surface area contributed by atoms with Gasteiger partial charge in [-0.1, -0.05) is 79.9 Å². The van der Waals surface area contributed by atoms with E-state index in [4.69, 9.17) is 0 Å². The van der Waals surface area contributed by atoms with Crippen molar-refractivity contribution in [1.29, 1.82) is 0 Å². The summed E-state index contributed by atoms with van der Waals surface area (Å²) in [7, 11) is -3.73. The molecule has 1 aliphatic heterocycles. The van der Waals surface area contributed by atoms with Crippen LogP contribution in [0.3, 0.4) is 0 Å². The van der Waals surface area contributed by atoms with E-state index in [1.807, 2.05) is 48.5 Å². The van der Waals surface area contributed by atoms with Gasteiger partial charge in [-0.25, -0.2) is 19.2 Å². The summed E-state index contributed by atoms with van der Waals surface area (Å²) in [5, 5.41) is 96.7. The van der Waals surface area contributed by atoms with E-state index in [-0.39, 0.29) is 123 Å². The Labute approximate surface area is 571 Å². The summed E-state index contributed by atoms with van der Waals surface area (Å²) in [6.07, 6.45) is -1.08. The Bertz CT molecular complexity index is 2760. The van der Waals surface area contributed by atoms with Gasteiger partial charge in [-0.15, -0.1) is 0 Å². The van der Waals surface area contributed by atoms with Gasteiger partial charge in [0.15, 0.2) is 6.29 Å². The van der Waals surface area contributed by atoms with E-state index in [2.05, 4.69) is 42.5 Å². The van der Waals surface area contributed by atoms with Crippen LogP contribution in [0.15, 0.2) is 24.3 Å². The summed E-state index contributed by atoms with van der Waals surface area (Å²) in [6.45, 7) is 11.6. The predicted octanol–water partition coefficient (Wildman–Crippen LogP) is -0.617. The summed E-state index contributed by atoms with van der Waals surface area (Å²) < 4.78 is 17.2. The van der Waals surface area contributed by atoms with E-state index >= 15 is 4.11 Å². The first-order valence-corrected chi connectivity index (χ1v) is 34.9. The summed E-state index contributed by atoms with van der Waals surface area (Å²) >= 11 is 0. The van der Waals surface area contributed by atoms with Crippen LogP contribution < -0.4 is 47.7 Å². The number of aliphatic hydroxyl groups excluding tert-OH is 1. The molecule has 0 aliphatic carbocycles. The Kier molecular flexibility index (Phi) is 38.2. The number of benzene rings is 1. The molecule has 33 nitrogen and oxygen atoms in total. The Balaban J connectivity index is 2.13. The molecule has 1 saturated heterocycles. The van der Waals surface area contributed by atoms with Crippen molar-refractivity contribution in [1.82, 2.24) is 62.1 Å². The fraction of sp³-hybridized carbons (Fsp3) is 0.698. The molecule has 1 aliphatic rings. The number of carboxylic acid groups (broad SMARTS) is 6. The molecule has 16 N–H and O–H groups in total. The molecule has 0 saturated carbocycles. The zero-order valence-electron chi connectivity index (χ0n) is 57.3. The number of rotatable bonds is 42. The van der Waals surface area contributed by atoms with Crippen molar-refractivity contribution in [2.24, 2.45) is 0 Å². The summed E-state index contributed by atoms with van der Waals surface area (Å²) in [4.78, 5) is 170. The van der Waals surface area contributed by atoms with E-state index in [0.717, 1.165) is 6.42 Å². The minimum Gasteiger partial charge on any atom is -0.480 e. The lowest BCUT2D eigenvalue weighted by atomic mass is 10.0. The van der Waals surface area contributed by atoms with E-state index in [0.29, 0.717) is 24.4 Å². The number of nitrogens with zero attached hydrogens (tertiary/aromatic N) is 4. The first kappa shape index (κ1) is 86.1. The summed E-state index contributed by atoms with van der Waals surface area (Å²) in [6, 6.07) is -1.80. The SMILES string of the molecule is CCCCC[C@H](NC(=O)N[C@@H](CCC(=O)N[C@H](CCCNC(=O)CCC(=O)NCCCC[C@H](CC(O)O)NC(=O)[C@@H](CNC(=O)c1ccc([Si](F)(C(C)(C)C)C(C)(C)C)cc1)NC(=O)CN1CCN(CC(=O)O)CCN(CC(=O)O)CCN(CC(=O)O)CC1)C(=O)O)C(=O)O)C(=O)O. The largest absolute Gasteiger partial charge is 0.480 e. The molecule has 5 atom stereocenters. The van der Waals surface area contributed by atoms with Crippen LogP contribution in [-0.4, -0.2) is 281 Å². The molecule has 0 bridgehead atoms. The van der Waals surface area contributed by atoms with Gasteiger partial charge >= 0.3 is 41.8 Å². The van der Waals surface area contributed by atoms with E-state index < -0.39 is 178 Å². The second kappa shape index (κ2) is 43.4. The molecule has 0 radical (unpaired) electrons. The first-order valence-electron chi connectivity index (χ1n) is 33.0. The number of amides is 8. The molecule has 1 heterocycles. The quantitative estimate of drug-likeness (QED) is 0.0168. The number of hydrogen-bond acceptors (Lipinski definition) is 19. The molecular weight excluding hydrogens is 1310 g/mol. The lowest BCUT2D eigenvalue weighted by Crippen LogP contribution is -2.58. The second-order valence-corrected chi connectivity index (χ2v) is 31.4. The number of unbranched alkanes of at least 4 members (excludes halogenated alkanes) is 3. The second-order valence-electron chi connectivity index (χ2n) is 26.5. The average Bonchev–Trinajstić information content (AvgIpc) is 0.749. The minimum atomic E-state index is -3.73. The number of aliphatic carboxylic acids is 6. The van der Waals surface area contributed by atoms with Crippen LogP contribution in [0.4, 0.5) is 8.90 Å². The van der Waals surface area contributed by atoms with Gasteiger partial charge in [0.2, 0.25) is 29.5 Å². The van der Waals surface area contributed by atoms with Crippen LogP contribution in [0.2, 0.25) is 10.1 Å². The maximum atomic E-state index is 17.2. The summed E-state index contributed by atoms with van der Waals surface area (Å²) in [5.41, 5.74) is 0.114. The number of carboxylic acids is 6. The smallest absolute Gasteiger partial charge is 0.326 e. The number of aliphatic hydroxyl groups is 2. The Morgan fingerprint density at radius 1 is 0.469 bits per heavy atom. The van der Waals surface area contributed by atoms with Crippen LogP contribution in [0.25, 0.3) is 0 Å². The number of halogens is 1. The Morgan fingerprint density at radius 3 is 1.31 bits per heavy atom. The van der Waals surface area contributed by atoms with Gasteiger partial charge in [0.1, 0.15) is 24.2 Å². The molecular formula is C63H105FN12O21Si. The molecule has 98 heavy (non-hydrogen) atoms. The number of urea groups is 1. The van der Waals surface area contributed by atoms with E-state index in [9.17, 15) is 103 Å². The molecule has 35 heteroatoms. The summed E-state index contributed by atoms with van der Waals surface area (Å²) in [5.74, 6) is -11.9. The van der Waals surface area contributed by atoms with Gasteiger partial charge in [-0.05, 0) is 72.3 Å². The molecule has 2 rings (SSSR count). The fourth-order valence-electron chi connectivity index (χ4n) is 11.3.